The minimum Gasteiger partial charge on any atom is -0.341 e. The van der Waals surface area contributed by atoms with Crippen LogP contribution in [0.5, 0.6) is 0 Å². The number of aryl methyl sites for hydroxylation is 1. The molecule has 0 aliphatic carbocycles. The molecule has 0 radical (unpaired) electrons. The number of aromatic nitrogens is 1. The molecule has 0 saturated heterocycles. The second-order valence-corrected chi connectivity index (χ2v) is 6.00. The van der Waals surface area contributed by atoms with Gasteiger partial charge in [-0.25, -0.2) is 4.79 Å². The number of H-pyrrole nitrogens is 1. The fraction of sp³-hybridized carbons (Fsp3) is 0.263. The zero-order valence-corrected chi connectivity index (χ0v) is 15.4. The van der Waals surface area contributed by atoms with Crippen LogP contribution in [0.3, 0.4) is 0 Å². The number of urea groups is 1. The van der Waals surface area contributed by atoms with Crippen LogP contribution in [0.15, 0.2) is 29.1 Å². The Morgan fingerprint density at radius 2 is 1.70 bits per heavy atom. The first-order valence-corrected chi connectivity index (χ1v) is 8.36. The second kappa shape index (κ2) is 8.67. The van der Waals surface area contributed by atoms with Gasteiger partial charge in [-0.05, 0) is 55.7 Å². The Kier molecular flexibility index (Phi) is 6.33. The number of hydrogen-bond acceptors (Lipinski definition) is 4. The summed E-state index contributed by atoms with van der Waals surface area (Å²) < 4.78 is 0. The van der Waals surface area contributed by atoms with E-state index in [1.54, 1.807) is 38.1 Å². The predicted octanol–water partition coefficient (Wildman–Crippen LogP) is 2.19. The van der Waals surface area contributed by atoms with Gasteiger partial charge in [0.25, 0.3) is 5.56 Å². The summed E-state index contributed by atoms with van der Waals surface area (Å²) in [6.07, 6.45) is 0.613. The first-order chi connectivity index (χ1) is 12.8. The SMILES string of the molecule is CNC(=O)Nc1ccc(NC(=O)CCc2c(C)[nH]c(=O)c(C#N)c2C)cc1. The van der Waals surface area contributed by atoms with E-state index in [1.165, 1.54) is 7.05 Å². The zero-order chi connectivity index (χ0) is 20.0. The standard InChI is InChI=1S/C19H21N5O3/c1-11-15(12(2)22-18(26)16(11)10-20)8-9-17(25)23-13-4-6-14(7-5-13)24-19(27)21-3/h4-7H,8-9H2,1-3H3,(H,22,26)(H,23,25)(H2,21,24,27). The van der Waals surface area contributed by atoms with Crippen molar-refractivity contribution in [3.63, 3.8) is 0 Å². The van der Waals surface area contributed by atoms with Gasteiger partial charge in [-0.2, -0.15) is 5.26 Å². The van der Waals surface area contributed by atoms with Crippen molar-refractivity contribution in [2.24, 2.45) is 0 Å². The number of nitrogens with zero attached hydrogens (tertiary/aromatic N) is 1. The number of anilines is 2. The lowest BCUT2D eigenvalue weighted by Crippen LogP contribution is -2.24. The Hall–Kier alpha value is -3.60. The normalized spacial score (nSPS) is 10.0. The van der Waals surface area contributed by atoms with Gasteiger partial charge < -0.3 is 20.9 Å². The molecule has 0 fully saturated rings. The first-order valence-electron chi connectivity index (χ1n) is 8.36. The summed E-state index contributed by atoms with van der Waals surface area (Å²) in [5, 5.41) is 17.0. The number of amides is 3. The summed E-state index contributed by atoms with van der Waals surface area (Å²) >= 11 is 0. The van der Waals surface area contributed by atoms with Crippen LogP contribution in [0, 0.1) is 25.2 Å². The highest BCUT2D eigenvalue weighted by Gasteiger charge is 2.13. The van der Waals surface area contributed by atoms with Crippen LogP contribution >= 0.6 is 0 Å². The van der Waals surface area contributed by atoms with Crippen molar-refractivity contribution < 1.29 is 9.59 Å². The maximum atomic E-state index is 12.2. The molecule has 0 atom stereocenters. The molecule has 0 saturated carbocycles. The third-order valence-electron chi connectivity index (χ3n) is 4.18. The van der Waals surface area contributed by atoms with Crippen LogP contribution in [0.4, 0.5) is 16.2 Å². The van der Waals surface area contributed by atoms with Crippen molar-refractivity contribution in [3.8, 4) is 6.07 Å². The van der Waals surface area contributed by atoms with Gasteiger partial charge in [0, 0.05) is 30.5 Å². The molecule has 1 heterocycles. The number of benzene rings is 1. The zero-order valence-electron chi connectivity index (χ0n) is 15.4. The average Bonchev–Trinajstić information content (AvgIpc) is 2.63. The van der Waals surface area contributed by atoms with E-state index in [1.807, 2.05) is 6.07 Å². The summed E-state index contributed by atoms with van der Waals surface area (Å²) in [6.45, 7) is 3.47. The molecule has 2 aromatic rings. The third kappa shape index (κ3) is 4.95. The van der Waals surface area contributed by atoms with E-state index in [-0.39, 0.29) is 23.9 Å². The average molecular weight is 367 g/mol. The van der Waals surface area contributed by atoms with Crippen molar-refractivity contribution >= 4 is 23.3 Å². The Morgan fingerprint density at radius 1 is 1.11 bits per heavy atom. The molecular weight excluding hydrogens is 346 g/mol. The maximum Gasteiger partial charge on any atom is 0.318 e. The molecule has 8 nitrogen and oxygen atoms in total. The Balaban J connectivity index is 2.00. The topological polar surface area (TPSA) is 127 Å². The first kappa shape index (κ1) is 19.7. The van der Waals surface area contributed by atoms with E-state index in [2.05, 4.69) is 20.9 Å². The van der Waals surface area contributed by atoms with Crippen LogP contribution in [0.2, 0.25) is 0 Å². The summed E-state index contributed by atoms with van der Waals surface area (Å²) in [4.78, 5) is 37.9. The van der Waals surface area contributed by atoms with Gasteiger partial charge in [0.2, 0.25) is 5.91 Å². The van der Waals surface area contributed by atoms with Gasteiger partial charge in [-0.3, -0.25) is 9.59 Å². The highest BCUT2D eigenvalue weighted by molar-refractivity contribution is 5.92. The summed E-state index contributed by atoms with van der Waals surface area (Å²) in [5.41, 5.74) is 2.95. The minimum atomic E-state index is -0.411. The van der Waals surface area contributed by atoms with Crippen molar-refractivity contribution in [1.29, 1.82) is 5.26 Å². The number of hydrogen-bond donors (Lipinski definition) is 4. The van der Waals surface area contributed by atoms with E-state index in [4.69, 9.17) is 5.26 Å². The van der Waals surface area contributed by atoms with Crippen molar-refractivity contribution in [1.82, 2.24) is 10.3 Å². The van der Waals surface area contributed by atoms with Gasteiger partial charge >= 0.3 is 6.03 Å². The molecule has 140 valence electrons. The fourth-order valence-electron chi connectivity index (χ4n) is 2.71. The Labute approximate surface area is 156 Å². The second-order valence-electron chi connectivity index (χ2n) is 6.00. The number of rotatable bonds is 5. The number of pyridine rings is 1. The molecule has 2 rings (SSSR count). The number of aromatic amines is 1. The number of nitrogens with one attached hydrogen (secondary N) is 4. The number of carbonyl (C=O) groups is 2. The highest BCUT2D eigenvalue weighted by atomic mass is 16.2. The minimum absolute atomic E-state index is 0.0789. The lowest BCUT2D eigenvalue weighted by Gasteiger charge is -2.11. The monoisotopic (exact) mass is 367 g/mol. The van der Waals surface area contributed by atoms with Gasteiger partial charge in [-0.1, -0.05) is 0 Å². The van der Waals surface area contributed by atoms with E-state index in [0.29, 0.717) is 29.1 Å². The molecule has 8 heteroatoms. The number of carbonyl (C=O) groups excluding carboxylic acids is 2. The van der Waals surface area contributed by atoms with E-state index >= 15 is 0 Å². The van der Waals surface area contributed by atoms with E-state index < -0.39 is 5.56 Å². The Bertz CT molecular complexity index is 955. The van der Waals surface area contributed by atoms with Crippen LogP contribution in [-0.2, 0) is 11.2 Å². The van der Waals surface area contributed by atoms with Crippen molar-refractivity contribution in [3.05, 3.63) is 57.0 Å². The summed E-state index contributed by atoms with van der Waals surface area (Å²) in [7, 11) is 1.52. The van der Waals surface area contributed by atoms with Crippen molar-refractivity contribution in [2.75, 3.05) is 17.7 Å². The molecule has 1 aromatic heterocycles. The van der Waals surface area contributed by atoms with Gasteiger partial charge in [-0.15, -0.1) is 0 Å². The lowest BCUT2D eigenvalue weighted by molar-refractivity contribution is -0.116. The largest absolute Gasteiger partial charge is 0.341 e. The molecule has 0 spiro atoms. The molecule has 0 unspecified atom stereocenters. The molecule has 4 N–H and O–H groups in total. The quantitative estimate of drug-likeness (QED) is 0.646. The molecule has 0 bridgehead atoms. The molecule has 0 aliphatic rings. The van der Waals surface area contributed by atoms with Crippen LogP contribution < -0.4 is 21.5 Å². The lowest BCUT2D eigenvalue weighted by atomic mass is 9.99. The fourth-order valence-corrected chi connectivity index (χ4v) is 2.71. The van der Waals surface area contributed by atoms with Gasteiger partial charge in [0.15, 0.2) is 0 Å². The third-order valence-corrected chi connectivity index (χ3v) is 4.18. The molecule has 0 aliphatic heterocycles. The predicted molar refractivity (Wildman–Crippen MR) is 103 cm³/mol. The van der Waals surface area contributed by atoms with E-state index in [0.717, 1.165) is 5.56 Å². The molecule has 1 aromatic carbocycles. The van der Waals surface area contributed by atoms with Crippen LogP contribution in [-0.4, -0.2) is 24.0 Å². The van der Waals surface area contributed by atoms with Gasteiger partial charge in [0.1, 0.15) is 11.6 Å². The smallest absolute Gasteiger partial charge is 0.318 e. The van der Waals surface area contributed by atoms with Crippen LogP contribution in [0.25, 0.3) is 0 Å². The summed E-state index contributed by atoms with van der Waals surface area (Å²) in [5.74, 6) is -0.189. The molecule has 3 amide bonds. The number of nitriles is 1. The highest BCUT2D eigenvalue weighted by Crippen LogP contribution is 2.17. The van der Waals surface area contributed by atoms with Crippen molar-refractivity contribution in [2.45, 2.75) is 26.7 Å². The molecular formula is C19H21N5O3. The maximum absolute atomic E-state index is 12.2. The Morgan fingerprint density at radius 3 is 2.26 bits per heavy atom. The van der Waals surface area contributed by atoms with Gasteiger partial charge in [0.05, 0.1) is 0 Å². The molecule has 27 heavy (non-hydrogen) atoms. The van der Waals surface area contributed by atoms with Crippen LogP contribution in [0.1, 0.15) is 28.8 Å². The van der Waals surface area contributed by atoms with E-state index in [9.17, 15) is 14.4 Å². The summed E-state index contributed by atoms with van der Waals surface area (Å²) in [6, 6.07) is 8.32.